The van der Waals surface area contributed by atoms with Crippen molar-refractivity contribution in [1.82, 2.24) is 9.38 Å². The van der Waals surface area contributed by atoms with E-state index < -0.39 is 0 Å². The van der Waals surface area contributed by atoms with Crippen molar-refractivity contribution in [3.8, 4) is 11.3 Å². The van der Waals surface area contributed by atoms with Crippen LogP contribution < -0.4 is 0 Å². The summed E-state index contributed by atoms with van der Waals surface area (Å²) in [7, 11) is 0. The van der Waals surface area contributed by atoms with Crippen LogP contribution in [0.3, 0.4) is 0 Å². The van der Waals surface area contributed by atoms with Gasteiger partial charge in [-0.15, -0.1) is 0 Å². The Hall–Kier alpha value is -2.32. The summed E-state index contributed by atoms with van der Waals surface area (Å²) in [5.74, 6) is 0. The number of aromatic nitrogens is 2. The third kappa shape index (κ3) is 1.69. The van der Waals surface area contributed by atoms with Gasteiger partial charge in [-0.3, -0.25) is 0 Å². The molecule has 0 aliphatic carbocycles. The zero-order valence-electron chi connectivity index (χ0n) is 10.6. The lowest BCUT2D eigenvalue weighted by Gasteiger charge is -2.08. The molecule has 0 spiro atoms. The Morgan fingerprint density at radius 1 is 0.800 bits per heavy atom. The smallest absolute Gasteiger partial charge is 0.0950 e. The van der Waals surface area contributed by atoms with E-state index in [0.717, 1.165) is 32.8 Å². The normalized spacial score (nSPS) is 11.2. The van der Waals surface area contributed by atoms with Crippen LogP contribution in [0, 0.1) is 0 Å². The van der Waals surface area contributed by atoms with Crippen LogP contribution in [-0.2, 0) is 0 Å². The second-order valence-corrected chi connectivity index (χ2v) is 5.16. The zero-order chi connectivity index (χ0) is 13.5. The summed E-state index contributed by atoms with van der Waals surface area (Å²) in [6.07, 6.45) is 2.07. The highest BCUT2D eigenvalue weighted by Gasteiger charge is 2.09. The van der Waals surface area contributed by atoms with Gasteiger partial charge in [0.05, 0.1) is 22.2 Å². The molecule has 0 saturated carbocycles. The van der Waals surface area contributed by atoms with Gasteiger partial charge in [0.25, 0.3) is 0 Å². The van der Waals surface area contributed by atoms with E-state index in [1.807, 2.05) is 48.5 Å². The molecule has 4 rings (SSSR count). The van der Waals surface area contributed by atoms with Crippen molar-refractivity contribution in [3.63, 3.8) is 0 Å². The van der Waals surface area contributed by atoms with Crippen LogP contribution in [0.15, 0.2) is 66.9 Å². The molecule has 0 bridgehead atoms. The summed E-state index contributed by atoms with van der Waals surface area (Å²) in [5.41, 5.74) is 5.26. The SMILES string of the molecule is Clc1ccc(-c2nc3ccccc3n3cccc23)cc1. The van der Waals surface area contributed by atoms with E-state index in [9.17, 15) is 0 Å². The maximum atomic E-state index is 5.97. The molecular weight excluding hydrogens is 268 g/mol. The molecule has 0 aliphatic rings. The topological polar surface area (TPSA) is 17.3 Å². The average Bonchev–Trinajstić information content (AvgIpc) is 2.97. The first-order valence-electron chi connectivity index (χ1n) is 6.45. The summed E-state index contributed by atoms with van der Waals surface area (Å²) in [6.45, 7) is 0. The summed E-state index contributed by atoms with van der Waals surface area (Å²) >= 11 is 5.97. The molecule has 0 radical (unpaired) electrons. The molecule has 2 nitrogen and oxygen atoms in total. The first-order valence-corrected chi connectivity index (χ1v) is 6.82. The van der Waals surface area contributed by atoms with Gasteiger partial charge >= 0.3 is 0 Å². The van der Waals surface area contributed by atoms with E-state index in [0.29, 0.717) is 0 Å². The summed E-state index contributed by atoms with van der Waals surface area (Å²) in [4.78, 5) is 4.81. The van der Waals surface area contributed by atoms with Crippen molar-refractivity contribution < 1.29 is 0 Å². The molecule has 0 unspecified atom stereocenters. The largest absolute Gasteiger partial charge is 0.313 e. The molecule has 0 amide bonds. The number of benzene rings is 2. The van der Waals surface area contributed by atoms with Crippen molar-refractivity contribution in [3.05, 3.63) is 71.9 Å². The van der Waals surface area contributed by atoms with Crippen LogP contribution in [0.4, 0.5) is 0 Å². The number of para-hydroxylation sites is 2. The van der Waals surface area contributed by atoms with Gasteiger partial charge in [0.2, 0.25) is 0 Å². The second kappa shape index (κ2) is 4.36. The fourth-order valence-corrected chi connectivity index (χ4v) is 2.67. The number of hydrogen-bond donors (Lipinski definition) is 0. The van der Waals surface area contributed by atoms with Crippen LogP contribution >= 0.6 is 11.6 Å². The van der Waals surface area contributed by atoms with E-state index in [1.54, 1.807) is 0 Å². The molecule has 0 N–H and O–H groups in total. The van der Waals surface area contributed by atoms with Gasteiger partial charge in [0, 0.05) is 16.8 Å². The molecule has 0 fully saturated rings. The van der Waals surface area contributed by atoms with E-state index >= 15 is 0 Å². The summed E-state index contributed by atoms with van der Waals surface area (Å²) in [5, 5.41) is 0.737. The Labute approximate surface area is 121 Å². The molecule has 3 heteroatoms. The molecule has 96 valence electrons. The molecule has 0 aliphatic heterocycles. The van der Waals surface area contributed by atoms with Crippen LogP contribution in [0.25, 0.3) is 27.8 Å². The van der Waals surface area contributed by atoms with Gasteiger partial charge in [-0.2, -0.15) is 0 Å². The van der Waals surface area contributed by atoms with Gasteiger partial charge in [-0.1, -0.05) is 35.9 Å². The molecule has 2 heterocycles. The number of rotatable bonds is 1. The van der Waals surface area contributed by atoms with Crippen molar-refractivity contribution in [2.75, 3.05) is 0 Å². The average molecular weight is 279 g/mol. The quantitative estimate of drug-likeness (QED) is 0.488. The third-order valence-corrected chi connectivity index (χ3v) is 3.73. The molecule has 0 saturated heterocycles. The molecule has 0 atom stereocenters. The predicted molar refractivity (Wildman–Crippen MR) is 83.1 cm³/mol. The van der Waals surface area contributed by atoms with Crippen LogP contribution in [0.2, 0.25) is 5.02 Å². The van der Waals surface area contributed by atoms with Crippen LogP contribution in [-0.4, -0.2) is 9.38 Å². The van der Waals surface area contributed by atoms with Gasteiger partial charge in [-0.05, 0) is 36.4 Å². The Morgan fingerprint density at radius 3 is 2.40 bits per heavy atom. The lowest BCUT2D eigenvalue weighted by molar-refractivity contribution is 1.23. The Morgan fingerprint density at radius 2 is 1.55 bits per heavy atom. The van der Waals surface area contributed by atoms with E-state index in [2.05, 4.69) is 22.7 Å². The van der Waals surface area contributed by atoms with Gasteiger partial charge in [-0.25, -0.2) is 4.98 Å². The number of hydrogen-bond acceptors (Lipinski definition) is 1. The lowest BCUT2D eigenvalue weighted by atomic mass is 10.1. The fourth-order valence-electron chi connectivity index (χ4n) is 2.54. The number of fused-ring (bicyclic) bond motifs is 3. The number of nitrogens with zero attached hydrogens (tertiary/aromatic N) is 2. The first kappa shape index (κ1) is 11.5. The minimum Gasteiger partial charge on any atom is -0.313 e. The van der Waals surface area contributed by atoms with Gasteiger partial charge in [0.1, 0.15) is 0 Å². The molecule has 2 aromatic heterocycles. The molecule has 2 aromatic carbocycles. The highest BCUT2D eigenvalue weighted by molar-refractivity contribution is 6.30. The van der Waals surface area contributed by atoms with Crippen molar-refractivity contribution in [2.45, 2.75) is 0 Å². The fraction of sp³-hybridized carbons (Fsp3) is 0. The molecule has 20 heavy (non-hydrogen) atoms. The maximum Gasteiger partial charge on any atom is 0.0950 e. The number of halogens is 1. The van der Waals surface area contributed by atoms with Crippen LogP contribution in [0.5, 0.6) is 0 Å². The molecular formula is C17H11ClN2. The monoisotopic (exact) mass is 278 g/mol. The van der Waals surface area contributed by atoms with Gasteiger partial charge in [0.15, 0.2) is 0 Å². The predicted octanol–water partition coefficient (Wildman–Crippen LogP) is 4.81. The Bertz CT molecular complexity index is 907. The standard InChI is InChI=1S/C17H11ClN2/c18-13-9-7-12(8-10-13)17-16-6-3-11-20(16)15-5-2-1-4-14(15)19-17/h1-11H. The summed E-state index contributed by atoms with van der Waals surface area (Å²) in [6, 6.07) is 20.1. The minimum atomic E-state index is 0.737. The van der Waals surface area contributed by atoms with E-state index in [1.165, 1.54) is 0 Å². The highest BCUT2D eigenvalue weighted by Crippen LogP contribution is 2.27. The Kier molecular flexibility index (Phi) is 2.51. The second-order valence-electron chi connectivity index (χ2n) is 4.72. The van der Waals surface area contributed by atoms with E-state index in [-0.39, 0.29) is 0 Å². The van der Waals surface area contributed by atoms with Gasteiger partial charge < -0.3 is 4.40 Å². The highest BCUT2D eigenvalue weighted by atomic mass is 35.5. The Balaban J connectivity index is 2.11. The first-order chi connectivity index (χ1) is 9.83. The summed E-state index contributed by atoms with van der Waals surface area (Å²) < 4.78 is 2.17. The van der Waals surface area contributed by atoms with Crippen molar-refractivity contribution >= 4 is 28.2 Å². The zero-order valence-corrected chi connectivity index (χ0v) is 11.4. The molecule has 4 aromatic rings. The maximum absolute atomic E-state index is 5.97. The van der Waals surface area contributed by atoms with E-state index in [4.69, 9.17) is 16.6 Å². The van der Waals surface area contributed by atoms with Crippen molar-refractivity contribution in [1.29, 1.82) is 0 Å². The van der Waals surface area contributed by atoms with Crippen molar-refractivity contribution in [2.24, 2.45) is 0 Å². The van der Waals surface area contributed by atoms with Crippen LogP contribution in [0.1, 0.15) is 0 Å². The third-order valence-electron chi connectivity index (χ3n) is 3.48. The lowest BCUT2D eigenvalue weighted by Crippen LogP contribution is -1.94. The minimum absolute atomic E-state index is 0.737.